The first kappa shape index (κ1) is 18.2. The van der Waals surface area contributed by atoms with Crippen molar-refractivity contribution >= 4 is 28.3 Å². The Balaban J connectivity index is 1.82. The molecule has 9 heteroatoms. The number of thiazole rings is 1. The summed E-state index contributed by atoms with van der Waals surface area (Å²) in [7, 11) is 0. The summed E-state index contributed by atoms with van der Waals surface area (Å²) in [6.45, 7) is 0. The van der Waals surface area contributed by atoms with E-state index in [1.54, 1.807) is 17.5 Å². The van der Waals surface area contributed by atoms with Gasteiger partial charge in [-0.15, -0.1) is 11.3 Å². The fraction of sp³-hybridized carbons (Fsp3) is 0. The predicted molar refractivity (Wildman–Crippen MR) is 97.8 cm³/mol. The molecule has 1 N–H and O–H groups in total. The number of hydrogen-bond acceptors (Lipinski definition) is 6. The first-order valence-electron chi connectivity index (χ1n) is 7.50. The normalized spacial score (nSPS) is 11.1. The molecule has 0 aliphatic carbocycles. The molecule has 0 saturated carbocycles. The molecule has 0 atom stereocenters. The molecule has 0 bridgehead atoms. The highest BCUT2D eigenvalue weighted by Gasteiger charge is 2.12. The molecule has 134 valence electrons. The Hall–Kier alpha value is -3.64. The fourth-order valence-corrected chi connectivity index (χ4v) is 2.97. The van der Waals surface area contributed by atoms with Gasteiger partial charge in [-0.2, -0.15) is 5.26 Å². The summed E-state index contributed by atoms with van der Waals surface area (Å²) in [6, 6.07) is 10.9. The van der Waals surface area contributed by atoms with Crippen molar-refractivity contribution in [1.82, 2.24) is 4.98 Å². The third-order valence-electron chi connectivity index (χ3n) is 3.53. The van der Waals surface area contributed by atoms with E-state index in [9.17, 15) is 24.2 Å². The molecule has 0 amide bonds. The van der Waals surface area contributed by atoms with E-state index in [1.807, 2.05) is 6.07 Å². The number of nitriles is 1. The van der Waals surface area contributed by atoms with E-state index in [-0.39, 0.29) is 22.8 Å². The minimum absolute atomic E-state index is 0.0105. The van der Waals surface area contributed by atoms with Gasteiger partial charge in [0, 0.05) is 23.2 Å². The molecule has 0 saturated heterocycles. The van der Waals surface area contributed by atoms with Gasteiger partial charge < -0.3 is 5.32 Å². The SMILES string of the molecule is N#CC(=CNc1ccc([N+](=O)[O-])cc1F)c1nc(-c2ccc(F)cc2)cs1. The van der Waals surface area contributed by atoms with E-state index in [0.717, 1.165) is 12.1 Å². The highest BCUT2D eigenvalue weighted by molar-refractivity contribution is 7.11. The van der Waals surface area contributed by atoms with Gasteiger partial charge in [-0.05, 0) is 30.3 Å². The maximum absolute atomic E-state index is 13.9. The van der Waals surface area contributed by atoms with Crippen molar-refractivity contribution in [1.29, 1.82) is 5.26 Å². The number of nitro benzene ring substituents is 1. The molecule has 0 aliphatic rings. The summed E-state index contributed by atoms with van der Waals surface area (Å²) in [5.41, 5.74) is 1.06. The number of nitro groups is 1. The molecule has 0 spiro atoms. The van der Waals surface area contributed by atoms with Gasteiger partial charge in [0.25, 0.3) is 5.69 Å². The summed E-state index contributed by atoms with van der Waals surface area (Å²) >= 11 is 1.21. The van der Waals surface area contributed by atoms with Crippen LogP contribution in [0, 0.1) is 33.1 Å². The molecule has 1 heterocycles. The van der Waals surface area contributed by atoms with Crippen LogP contribution in [0.5, 0.6) is 0 Å². The first-order valence-corrected chi connectivity index (χ1v) is 8.38. The fourth-order valence-electron chi connectivity index (χ4n) is 2.18. The number of benzene rings is 2. The average Bonchev–Trinajstić information content (AvgIpc) is 3.13. The summed E-state index contributed by atoms with van der Waals surface area (Å²) in [5, 5.41) is 24.7. The van der Waals surface area contributed by atoms with Crippen LogP contribution in [-0.2, 0) is 0 Å². The quantitative estimate of drug-likeness (QED) is 0.381. The van der Waals surface area contributed by atoms with Crippen LogP contribution in [0.15, 0.2) is 54.0 Å². The molecule has 3 rings (SSSR count). The zero-order valence-corrected chi connectivity index (χ0v) is 14.3. The number of non-ortho nitro benzene ring substituents is 1. The van der Waals surface area contributed by atoms with Crippen molar-refractivity contribution in [3.05, 3.63) is 80.8 Å². The number of halogens is 2. The Morgan fingerprint density at radius 2 is 2.00 bits per heavy atom. The van der Waals surface area contributed by atoms with E-state index in [2.05, 4.69) is 10.3 Å². The first-order chi connectivity index (χ1) is 13.0. The Labute approximate surface area is 156 Å². The second-order valence-corrected chi connectivity index (χ2v) is 6.14. The Morgan fingerprint density at radius 3 is 2.63 bits per heavy atom. The molecular weight excluding hydrogens is 374 g/mol. The van der Waals surface area contributed by atoms with Gasteiger partial charge in [-0.1, -0.05) is 0 Å². The number of anilines is 1. The predicted octanol–water partition coefficient (Wildman–Crippen LogP) is 4.97. The standard InChI is InChI=1S/C18H10F2N4O2S/c19-13-3-1-11(2-4-13)17-10-27-18(23-17)12(8-21)9-22-16-6-5-14(24(25)26)7-15(16)20/h1-7,9-10,22H. The van der Waals surface area contributed by atoms with Crippen molar-refractivity contribution in [2.24, 2.45) is 0 Å². The topological polar surface area (TPSA) is 91.8 Å². The minimum Gasteiger partial charge on any atom is -0.358 e. The van der Waals surface area contributed by atoms with E-state index >= 15 is 0 Å². The molecule has 6 nitrogen and oxygen atoms in total. The van der Waals surface area contributed by atoms with Crippen molar-refractivity contribution in [3.8, 4) is 17.3 Å². The molecule has 2 aromatic carbocycles. The maximum Gasteiger partial charge on any atom is 0.272 e. The third kappa shape index (κ3) is 4.13. The van der Waals surface area contributed by atoms with Crippen molar-refractivity contribution < 1.29 is 13.7 Å². The molecule has 0 radical (unpaired) electrons. The van der Waals surface area contributed by atoms with Crippen LogP contribution in [0.4, 0.5) is 20.2 Å². The molecule has 0 fully saturated rings. The lowest BCUT2D eigenvalue weighted by atomic mass is 10.2. The molecule has 3 aromatic rings. The Kier molecular flexibility index (Phi) is 5.19. The second-order valence-electron chi connectivity index (χ2n) is 5.28. The maximum atomic E-state index is 13.9. The average molecular weight is 384 g/mol. The summed E-state index contributed by atoms with van der Waals surface area (Å²) in [6.07, 6.45) is 1.28. The monoisotopic (exact) mass is 384 g/mol. The van der Waals surface area contributed by atoms with Crippen LogP contribution in [0.3, 0.4) is 0 Å². The molecule has 1 aromatic heterocycles. The number of nitrogens with zero attached hydrogens (tertiary/aromatic N) is 3. The van der Waals surface area contributed by atoms with Crippen LogP contribution < -0.4 is 5.32 Å². The van der Waals surface area contributed by atoms with Crippen LogP contribution >= 0.6 is 11.3 Å². The van der Waals surface area contributed by atoms with Gasteiger partial charge >= 0.3 is 0 Å². The third-order valence-corrected chi connectivity index (χ3v) is 4.41. The number of aromatic nitrogens is 1. The lowest BCUT2D eigenvalue weighted by molar-refractivity contribution is -0.385. The Morgan fingerprint density at radius 1 is 1.26 bits per heavy atom. The van der Waals surface area contributed by atoms with Crippen molar-refractivity contribution in [2.45, 2.75) is 0 Å². The molecule has 27 heavy (non-hydrogen) atoms. The molecular formula is C18H10F2N4O2S. The summed E-state index contributed by atoms with van der Waals surface area (Å²) < 4.78 is 26.9. The van der Waals surface area contributed by atoms with Crippen molar-refractivity contribution in [3.63, 3.8) is 0 Å². The minimum atomic E-state index is -0.816. The van der Waals surface area contributed by atoms with Gasteiger partial charge in [0.2, 0.25) is 0 Å². The lowest BCUT2D eigenvalue weighted by Gasteiger charge is -2.03. The number of rotatable bonds is 5. The van der Waals surface area contributed by atoms with Crippen LogP contribution in [0.2, 0.25) is 0 Å². The molecule has 0 aliphatic heterocycles. The number of nitrogens with one attached hydrogen (secondary N) is 1. The van der Waals surface area contributed by atoms with Gasteiger partial charge in [0.05, 0.1) is 22.4 Å². The Bertz CT molecular complexity index is 1070. The lowest BCUT2D eigenvalue weighted by Crippen LogP contribution is -1.96. The zero-order chi connectivity index (χ0) is 19.4. The van der Waals surface area contributed by atoms with Crippen LogP contribution in [0.25, 0.3) is 16.8 Å². The second kappa shape index (κ2) is 7.72. The van der Waals surface area contributed by atoms with Crippen molar-refractivity contribution in [2.75, 3.05) is 5.32 Å². The molecule has 0 unspecified atom stereocenters. The summed E-state index contributed by atoms with van der Waals surface area (Å²) in [4.78, 5) is 14.3. The highest BCUT2D eigenvalue weighted by atomic mass is 32.1. The van der Waals surface area contributed by atoms with E-state index in [0.29, 0.717) is 16.3 Å². The van der Waals surface area contributed by atoms with E-state index in [4.69, 9.17) is 0 Å². The largest absolute Gasteiger partial charge is 0.358 e. The van der Waals surface area contributed by atoms with E-state index < -0.39 is 10.7 Å². The van der Waals surface area contributed by atoms with Crippen LogP contribution in [-0.4, -0.2) is 9.91 Å². The van der Waals surface area contributed by atoms with Gasteiger partial charge in [0.15, 0.2) is 5.82 Å². The van der Waals surface area contributed by atoms with E-state index in [1.165, 1.54) is 35.7 Å². The van der Waals surface area contributed by atoms with Gasteiger partial charge in [0.1, 0.15) is 22.5 Å². The van der Waals surface area contributed by atoms with Crippen LogP contribution in [0.1, 0.15) is 5.01 Å². The summed E-state index contributed by atoms with van der Waals surface area (Å²) in [5.74, 6) is -1.18. The smallest absolute Gasteiger partial charge is 0.272 e. The van der Waals surface area contributed by atoms with Gasteiger partial charge in [-0.3, -0.25) is 10.1 Å². The highest BCUT2D eigenvalue weighted by Crippen LogP contribution is 2.27. The number of allylic oxidation sites excluding steroid dienone is 1. The number of hydrogen-bond donors (Lipinski definition) is 1. The zero-order valence-electron chi connectivity index (χ0n) is 13.5. The van der Waals surface area contributed by atoms with Gasteiger partial charge in [-0.25, -0.2) is 13.8 Å².